The number of terminal acetylenes is 1. The Bertz CT molecular complexity index is 397. The lowest BCUT2D eigenvalue weighted by molar-refractivity contribution is 0.866. The summed E-state index contributed by atoms with van der Waals surface area (Å²) >= 11 is 0. The van der Waals surface area contributed by atoms with Gasteiger partial charge in [0, 0.05) is 5.57 Å². The molecule has 0 spiro atoms. The van der Waals surface area contributed by atoms with Gasteiger partial charge in [-0.3, -0.25) is 0 Å². The van der Waals surface area contributed by atoms with E-state index in [2.05, 4.69) is 51.0 Å². The second-order valence-electron chi connectivity index (χ2n) is 4.02. The minimum atomic E-state index is 0.565. The van der Waals surface area contributed by atoms with E-state index in [0.29, 0.717) is 5.92 Å². The first kappa shape index (κ1) is 11.6. The van der Waals surface area contributed by atoms with Crippen LogP contribution in [-0.4, -0.2) is 0 Å². The van der Waals surface area contributed by atoms with Gasteiger partial charge in [0.2, 0.25) is 0 Å². The zero-order valence-electron chi connectivity index (χ0n) is 9.67. The molecule has 1 radical (unpaired) electrons. The standard InChI is InChI=1S/C15H17/c1-6-12(4)13(5)15-9-7-14(8-10-15)11(2)3/h1,7-11H,4H2,2-3,5H3. The molecule has 0 aliphatic heterocycles. The Morgan fingerprint density at radius 2 is 1.80 bits per heavy atom. The SMILES string of the molecule is C#CC([CH2])=C(C)c1ccc(C(C)C)cc1. The molecule has 0 amide bonds. The summed E-state index contributed by atoms with van der Waals surface area (Å²) in [6.07, 6.45) is 5.32. The number of rotatable bonds is 2. The number of benzene rings is 1. The van der Waals surface area contributed by atoms with Crippen LogP contribution in [0.5, 0.6) is 0 Å². The van der Waals surface area contributed by atoms with Crippen molar-refractivity contribution in [2.45, 2.75) is 26.7 Å². The summed E-state index contributed by atoms with van der Waals surface area (Å²) < 4.78 is 0. The van der Waals surface area contributed by atoms with Crippen LogP contribution in [0.4, 0.5) is 0 Å². The Morgan fingerprint density at radius 1 is 1.27 bits per heavy atom. The van der Waals surface area contributed by atoms with Gasteiger partial charge in [-0.1, -0.05) is 44.0 Å². The van der Waals surface area contributed by atoms with Gasteiger partial charge in [-0.2, -0.15) is 0 Å². The first-order valence-corrected chi connectivity index (χ1v) is 5.16. The highest BCUT2D eigenvalue weighted by Gasteiger charge is 2.01. The van der Waals surface area contributed by atoms with Gasteiger partial charge in [0.25, 0.3) is 0 Å². The van der Waals surface area contributed by atoms with Gasteiger partial charge in [0.15, 0.2) is 0 Å². The Labute approximate surface area is 93.0 Å². The van der Waals surface area contributed by atoms with Crippen molar-refractivity contribution in [1.29, 1.82) is 0 Å². The minimum Gasteiger partial charge on any atom is -0.115 e. The second kappa shape index (κ2) is 4.84. The summed E-state index contributed by atoms with van der Waals surface area (Å²) in [5, 5.41) is 0. The van der Waals surface area contributed by atoms with Gasteiger partial charge >= 0.3 is 0 Å². The normalized spacial score (nSPS) is 12.3. The van der Waals surface area contributed by atoms with Gasteiger partial charge in [0.1, 0.15) is 0 Å². The maximum Gasteiger partial charge on any atom is 0.00563 e. The quantitative estimate of drug-likeness (QED) is 0.627. The highest BCUT2D eigenvalue weighted by Crippen LogP contribution is 2.21. The molecule has 0 heteroatoms. The van der Waals surface area contributed by atoms with Crippen LogP contribution in [0.1, 0.15) is 37.8 Å². The van der Waals surface area contributed by atoms with Crippen LogP contribution in [0.3, 0.4) is 0 Å². The summed E-state index contributed by atoms with van der Waals surface area (Å²) in [6.45, 7) is 10.2. The van der Waals surface area contributed by atoms with Crippen molar-refractivity contribution in [2.75, 3.05) is 0 Å². The molecule has 0 nitrogen and oxygen atoms in total. The van der Waals surface area contributed by atoms with Gasteiger partial charge in [-0.15, -0.1) is 6.42 Å². The number of allylic oxidation sites excluding steroid dienone is 2. The van der Waals surface area contributed by atoms with Gasteiger partial charge < -0.3 is 0 Å². The molecule has 1 aromatic carbocycles. The average Bonchev–Trinajstić information content (AvgIpc) is 2.27. The van der Waals surface area contributed by atoms with Crippen molar-refractivity contribution in [3.8, 4) is 12.3 Å². The van der Waals surface area contributed by atoms with E-state index in [0.717, 1.165) is 16.7 Å². The summed E-state index contributed by atoms with van der Waals surface area (Å²) in [5.41, 5.74) is 4.33. The van der Waals surface area contributed by atoms with E-state index in [9.17, 15) is 0 Å². The summed E-state index contributed by atoms with van der Waals surface area (Å²) in [7, 11) is 0. The molecule has 0 fully saturated rings. The molecule has 0 aliphatic rings. The molecule has 0 aliphatic carbocycles. The fraction of sp³-hybridized carbons (Fsp3) is 0.267. The fourth-order valence-corrected chi connectivity index (χ4v) is 1.40. The molecule has 0 aromatic heterocycles. The summed E-state index contributed by atoms with van der Waals surface area (Å²) in [4.78, 5) is 0. The van der Waals surface area contributed by atoms with Crippen LogP contribution in [0.2, 0.25) is 0 Å². The highest BCUT2D eigenvalue weighted by molar-refractivity contribution is 5.71. The van der Waals surface area contributed by atoms with E-state index >= 15 is 0 Å². The average molecular weight is 197 g/mol. The molecule has 15 heavy (non-hydrogen) atoms. The summed E-state index contributed by atoms with van der Waals surface area (Å²) in [5.74, 6) is 3.13. The smallest absolute Gasteiger partial charge is 0.00563 e. The molecule has 1 rings (SSSR count). The minimum absolute atomic E-state index is 0.565. The van der Waals surface area contributed by atoms with E-state index in [1.165, 1.54) is 5.56 Å². The number of hydrogen-bond acceptors (Lipinski definition) is 0. The Balaban J connectivity index is 3.06. The lowest BCUT2D eigenvalue weighted by atomic mass is 9.97. The lowest BCUT2D eigenvalue weighted by Crippen LogP contribution is -1.88. The maximum absolute atomic E-state index is 5.32. The highest BCUT2D eigenvalue weighted by atomic mass is 14.1. The lowest BCUT2D eigenvalue weighted by Gasteiger charge is -2.08. The van der Waals surface area contributed by atoms with Crippen LogP contribution >= 0.6 is 0 Å². The molecular formula is C15H17. The molecule has 0 heterocycles. The monoisotopic (exact) mass is 197 g/mol. The van der Waals surface area contributed by atoms with Crippen molar-refractivity contribution < 1.29 is 0 Å². The van der Waals surface area contributed by atoms with Gasteiger partial charge in [-0.05, 0) is 36.5 Å². The fourth-order valence-electron chi connectivity index (χ4n) is 1.40. The van der Waals surface area contributed by atoms with E-state index in [-0.39, 0.29) is 0 Å². The predicted molar refractivity (Wildman–Crippen MR) is 67.3 cm³/mol. The first-order valence-electron chi connectivity index (χ1n) is 5.16. The second-order valence-corrected chi connectivity index (χ2v) is 4.02. The third kappa shape index (κ3) is 2.73. The van der Waals surface area contributed by atoms with Gasteiger partial charge in [-0.25, -0.2) is 0 Å². The van der Waals surface area contributed by atoms with E-state index in [1.807, 2.05) is 6.92 Å². The molecule has 0 N–H and O–H groups in total. The molecule has 0 saturated heterocycles. The van der Waals surface area contributed by atoms with Crippen LogP contribution in [0, 0.1) is 19.3 Å². The van der Waals surface area contributed by atoms with Crippen LogP contribution in [0.25, 0.3) is 5.57 Å². The van der Waals surface area contributed by atoms with Crippen molar-refractivity contribution in [3.05, 3.63) is 47.9 Å². The van der Waals surface area contributed by atoms with Gasteiger partial charge in [0.05, 0.1) is 0 Å². The summed E-state index contributed by atoms with van der Waals surface area (Å²) in [6, 6.07) is 8.50. The van der Waals surface area contributed by atoms with Crippen molar-refractivity contribution >= 4 is 5.57 Å². The molecule has 77 valence electrons. The van der Waals surface area contributed by atoms with E-state index < -0.39 is 0 Å². The van der Waals surface area contributed by atoms with E-state index in [4.69, 9.17) is 6.42 Å². The zero-order chi connectivity index (χ0) is 11.4. The topological polar surface area (TPSA) is 0 Å². The van der Waals surface area contributed by atoms with Crippen LogP contribution in [0.15, 0.2) is 29.8 Å². The van der Waals surface area contributed by atoms with Crippen LogP contribution < -0.4 is 0 Å². The molecule has 0 atom stereocenters. The molecule has 0 saturated carbocycles. The third-order valence-electron chi connectivity index (χ3n) is 2.64. The van der Waals surface area contributed by atoms with Crippen molar-refractivity contribution in [3.63, 3.8) is 0 Å². The molecule has 0 bridgehead atoms. The molecule has 0 unspecified atom stereocenters. The largest absolute Gasteiger partial charge is 0.115 e. The maximum atomic E-state index is 5.32. The Morgan fingerprint density at radius 3 is 2.20 bits per heavy atom. The molecular weight excluding hydrogens is 180 g/mol. The van der Waals surface area contributed by atoms with Crippen molar-refractivity contribution in [1.82, 2.24) is 0 Å². The van der Waals surface area contributed by atoms with E-state index in [1.54, 1.807) is 0 Å². The predicted octanol–water partition coefficient (Wildman–Crippen LogP) is 4.05. The Kier molecular flexibility index (Phi) is 3.74. The number of hydrogen-bond donors (Lipinski definition) is 0. The first-order chi connectivity index (χ1) is 7.06. The molecule has 1 aromatic rings. The Hall–Kier alpha value is -1.48. The third-order valence-corrected chi connectivity index (χ3v) is 2.64. The van der Waals surface area contributed by atoms with Crippen molar-refractivity contribution in [2.24, 2.45) is 0 Å². The zero-order valence-corrected chi connectivity index (χ0v) is 9.67. The van der Waals surface area contributed by atoms with Crippen LogP contribution in [-0.2, 0) is 0 Å².